The van der Waals surface area contributed by atoms with Crippen molar-refractivity contribution in [1.29, 1.82) is 0 Å². The van der Waals surface area contributed by atoms with Gasteiger partial charge in [-0.1, -0.05) is 12.1 Å². The molecule has 3 heterocycles. The summed E-state index contributed by atoms with van der Waals surface area (Å²) in [4.78, 5) is 29.6. The van der Waals surface area contributed by atoms with E-state index in [-0.39, 0.29) is 42.4 Å². The molecule has 0 saturated carbocycles. The van der Waals surface area contributed by atoms with Crippen molar-refractivity contribution in [3.63, 3.8) is 0 Å². The zero-order chi connectivity index (χ0) is 19.6. The normalized spacial score (nSPS) is 23.7. The smallest absolute Gasteiger partial charge is 0.227 e. The molecule has 0 radical (unpaired) electrons. The average Bonchev–Trinajstić information content (AvgIpc) is 3.18. The van der Waals surface area contributed by atoms with Crippen molar-refractivity contribution in [1.82, 2.24) is 15.1 Å². The largest absolute Gasteiger partial charge is 0.342 e. The van der Waals surface area contributed by atoms with Crippen molar-refractivity contribution < 1.29 is 14.0 Å². The molecule has 0 bridgehead atoms. The molecule has 2 amide bonds. The molecular weight excluding hydrogens is 393 g/mol. The van der Waals surface area contributed by atoms with E-state index in [0.29, 0.717) is 18.5 Å². The maximum Gasteiger partial charge on any atom is 0.227 e. The quantitative estimate of drug-likeness (QED) is 0.813. The molecule has 0 aliphatic carbocycles. The first-order chi connectivity index (χ1) is 13.5. The molecule has 160 valence electrons. The Labute approximate surface area is 178 Å². The highest BCUT2D eigenvalue weighted by Gasteiger charge is 2.40. The van der Waals surface area contributed by atoms with Crippen LogP contribution in [-0.4, -0.2) is 60.9 Å². The van der Waals surface area contributed by atoms with E-state index in [2.05, 4.69) is 5.32 Å². The van der Waals surface area contributed by atoms with Crippen molar-refractivity contribution >= 4 is 24.2 Å². The van der Waals surface area contributed by atoms with Crippen LogP contribution >= 0.6 is 12.4 Å². The van der Waals surface area contributed by atoms with E-state index < -0.39 is 0 Å². The number of nitrogens with one attached hydrogen (secondary N) is 1. The lowest BCUT2D eigenvalue weighted by atomic mass is 9.77. The van der Waals surface area contributed by atoms with Gasteiger partial charge in [-0.3, -0.25) is 9.59 Å². The van der Waals surface area contributed by atoms with Gasteiger partial charge < -0.3 is 15.1 Å². The molecule has 3 aliphatic rings. The summed E-state index contributed by atoms with van der Waals surface area (Å²) in [5, 5.41) is 3.46. The van der Waals surface area contributed by atoms with Crippen LogP contribution in [0.4, 0.5) is 4.39 Å². The number of halogens is 2. The second-order valence-corrected chi connectivity index (χ2v) is 8.73. The van der Waals surface area contributed by atoms with Crippen molar-refractivity contribution in [2.24, 2.45) is 11.3 Å². The van der Waals surface area contributed by atoms with Gasteiger partial charge in [0, 0.05) is 32.7 Å². The summed E-state index contributed by atoms with van der Waals surface area (Å²) >= 11 is 0. The lowest BCUT2D eigenvalue weighted by molar-refractivity contribution is -0.142. The van der Waals surface area contributed by atoms with Crippen LogP contribution in [0, 0.1) is 17.2 Å². The highest BCUT2D eigenvalue weighted by atomic mass is 35.5. The van der Waals surface area contributed by atoms with Gasteiger partial charge in [-0.2, -0.15) is 0 Å². The number of carbonyl (C=O) groups is 2. The molecular formula is C22H31ClFN3O2. The van der Waals surface area contributed by atoms with Crippen LogP contribution in [-0.2, 0) is 16.0 Å². The van der Waals surface area contributed by atoms with Crippen LogP contribution in [0.2, 0.25) is 0 Å². The lowest BCUT2D eigenvalue weighted by Crippen LogP contribution is -2.50. The predicted molar refractivity (Wildman–Crippen MR) is 112 cm³/mol. The second kappa shape index (κ2) is 9.43. The Morgan fingerprint density at radius 3 is 2.45 bits per heavy atom. The third-order valence-electron chi connectivity index (χ3n) is 6.86. The lowest BCUT2D eigenvalue weighted by Gasteiger charge is -2.41. The minimum atomic E-state index is -0.295. The number of rotatable bonds is 3. The van der Waals surface area contributed by atoms with Gasteiger partial charge >= 0.3 is 0 Å². The zero-order valence-electron chi connectivity index (χ0n) is 16.9. The number of hydrogen-bond donors (Lipinski definition) is 1. The van der Waals surface area contributed by atoms with Crippen molar-refractivity contribution in [2.45, 2.75) is 38.5 Å². The number of amides is 2. The molecule has 1 aromatic rings. The molecule has 3 saturated heterocycles. The minimum absolute atomic E-state index is 0. The van der Waals surface area contributed by atoms with Gasteiger partial charge in [0.15, 0.2) is 0 Å². The van der Waals surface area contributed by atoms with Crippen LogP contribution in [0.1, 0.15) is 37.7 Å². The van der Waals surface area contributed by atoms with E-state index >= 15 is 0 Å². The molecule has 5 nitrogen and oxygen atoms in total. The molecule has 1 N–H and O–H groups in total. The van der Waals surface area contributed by atoms with E-state index in [9.17, 15) is 14.0 Å². The average molecular weight is 424 g/mol. The topological polar surface area (TPSA) is 52.7 Å². The molecule has 1 spiro atoms. The Balaban J connectivity index is 0.00000240. The summed E-state index contributed by atoms with van der Waals surface area (Å²) in [6.45, 7) is 5.10. The molecule has 3 fully saturated rings. The molecule has 0 aromatic heterocycles. The number of nitrogens with zero attached hydrogens (tertiary/aromatic N) is 2. The summed E-state index contributed by atoms with van der Waals surface area (Å²) in [7, 11) is 0. The van der Waals surface area contributed by atoms with E-state index in [1.165, 1.54) is 18.6 Å². The highest BCUT2D eigenvalue weighted by Crippen LogP contribution is 2.37. The van der Waals surface area contributed by atoms with E-state index in [0.717, 1.165) is 57.4 Å². The fourth-order valence-electron chi connectivity index (χ4n) is 4.98. The number of carbonyl (C=O) groups excluding carboxylic acids is 2. The second-order valence-electron chi connectivity index (χ2n) is 8.73. The summed E-state index contributed by atoms with van der Waals surface area (Å²) in [6, 6.07) is 6.07. The van der Waals surface area contributed by atoms with E-state index in [1.807, 2.05) is 9.80 Å². The Bertz CT molecular complexity index is 711. The van der Waals surface area contributed by atoms with E-state index in [1.54, 1.807) is 12.1 Å². The van der Waals surface area contributed by atoms with Crippen molar-refractivity contribution in [2.75, 3.05) is 39.3 Å². The fourth-order valence-corrected chi connectivity index (χ4v) is 4.98. The van der Waals surface area contributed by atoms with Crippen molar-refractivity contribution in [3.8, 4) is 0 Å². The third-order valence-corrected chi connectivity index (χ3v) is 6.86. The highest BCUT2D eigenvalue weighted by molar-refractivity contribution is 5.85. The molecule has 3 aliphatic heterocycles. The fraction of sp³-hybridized carbons (Fsp3) is 0.636. The van der Waals surface area contributed by atoms with Crippen LogP contribution in [0.5, 0.6) is 0 Å². The number of hydrogen-bond acceptors (Lipinski definition) is 3. The van der Waals surface area contributed by atoms with Gasteiger partial charge in [-0.25, -0.2) is 4.39 Å². The summed E-state index contributed by atoms with van der Waals surface area (Å²) in [6.07, 6.45) is 5.40. The van der Waals surface area contributed by atoms with Gasteiger partial charge in [0.1, 0.15) is 5.82 Å². The minimum Gasteiger partial charge on any atom is -0.342 e. The maximum atomic E-state index is 13.1. The first-order valence-electron chi connectivity index (χ1n) is 10.6. The summed E-state index contributed by atoms with van der Waals surface area (Å²) in [5.41, 5.74) is 1.21. The molecule has 7 heteroatoms. The number of benzene rings is 1. The maximum absolute atomic E-state index is 13.1. The Morgan fingerprint density at radius 2 is 1.79 bits per heavy atom. The predicted octanol–water partition coefficient (Wildman–Crippen LogP) is 2.63. The Hall–Kier alpha value is -1.66. The molecule has 1 aromatic carbocycles. The van der Waals surface area contributed by atoms with Crippen LogP contribution in [0.3, 0.4) is 0 Å². The van der Waals surface area contributed by atoms with Crippen LogP contribution < -0.4 is 5.32 Å². The van der Waals surface area contributed by atoms with Gasteiger partial charge in [-0.05, 0) is 61.8 Å². The Kier molecular flexibility index (Phi) is 7.17. The molecule has 29 heavy (non-hydrogen) atoms. The standard InChI is InChI=1S/C22H30FN3O2.ClH/c23-19-5-3-17(4-6-19)14-20(27)26-11-1-2-18(15-26)21(28)25-12-8-22(9-13-25)7-10-24-16-22;/h3-6,18,24H,1-2,7-16H2;1H. The van der Waals surface area contributed by atoms with Crippen LogP contribution in [0.15, 0.2) is 24.3 Å². The first-order valence-corrected chi connectivity index (χ1v) is 10.6. The van der Waals surface area contributed by atoms with E-state index in [4.69, 9.17) is 0 Å². The zero-order valence-corrected chi connectivity index (χ0v) is 17.7. The van der Waals surface area contributed by atoms with Gasteiger partial charge in [-0.15, -0.1) is 12.4 Å². The number of piperidine rings is 2. The van der Waals surface area contributed by atoms with Gasteiger partial charge in [0.2, 0.25) is 11.8 Å². The van der Waals surface area contributed by atoms with Gasteiger partial charge in [0.05, 0.1) is 12.3 Å². The van der Waals surface area contributed by atoms with Gasteiger partial charge in [0.25, 0.3) is 0 Å². The Morgan fingerprint density at radius 1 is 1.07 bits per heavy atom. The van der Waals surface area contributed by atoms with Crippen molar-refractivity contribution in [3.05, 3.63) is 35.6 Å². The molecule has 1 unspecified atom stereocenters. The molecule has 1 atom stereocenters. The summed E-state index contributed by atoms with van der Waals surface area (Å²) in [5.74, 6) is -0.128. The van der Waals surface area contributed by atoms with Crippen LogP contribution in [0.25, 0.3) is 0 Å². The number of likely N-dealkylation sites (tertiary alicyclic amines) is 2. The summed E-state index contributed by atoms with van der Waals surface area (Å²) < 4.78 is 13.1. The monoisotopic (exact) mass is 423 g/mol. The third kappa shape index (κ3) is 5.10. The first kappa shape index (κ1) is 22.0. The molecule has 4 rings (SSSR count). The SMILES string of the molecule is Cl.O=C(Cc1ccc(F)cc1)N1CCCC(C(=O)N2CCC3(CCNC3)CC2)C1.